The van der Waals surface area contributed by atoms with Crippen molar-refractivity contribution in [2.24, 2.45) is 10.9 Å². The van der Waals surface area contributed by atoms with Gasteiger partial charge in [0.05, 0.1) is 12.4 Å². The van der Waals surface area contributed by atoms with Gasteiger partial charge in [0.15, 0.2) is 5.96 Å². The summed E-state index contributed by atoms with van der Waals surface area (Å²) in [5.41, 5.74) is 3.83. The lowest BCUT2D eigenvalue weighted by molar-refractivity contribution is 0.189. The fraction of sp³-hybridized carbons (Fsp3) is 0.524. The molecule has 6 heteroatoms. The maximum atomic E-state index is 4.54. The summed E-state index contributed by atoms with van der Waals surface area (Å²) < 4.78 is 2.23. The lowest BCUT2D eigenvalue weighted by Crippen LogP contribution is -2.48. The van der Waals surface area contributed by atoms with Gasteiger partial charge in [0.2, 0.25) is 0 Å². The van der Waals surface area contributed by atoms with Gasteiger partial charge in [-0.1, -0.05) is 13.0 Å². The average molecular weight is 369 g/mol. The number of anilines is 1. The largest absolute Gasteiger partial charge is 0.378 e. The Hall–Kier alpha value is -2.50. The van der Waals surface area contributed by atoms with E-state index >= 15 is 0 Å². The third kappa shape index (κ3) is 4.43. The minimum absolute atomic E-state index is 0.431. The van der Waals surface area contributed by atoms with Gasteiger partial charge in [-0.3, -0.25) is 4.99 Å². The molecule has 0 amide bonds. The molecule has 0 aliphatic carbocycles. The first-order chi connectivity index (χ1) is 13.0. The Labute approximate surface area is 162 Å². The van der Waals surface area contributed by atoms with E-state index in [0.29, 0.717) is 12.0 Å². The number of aryl methyl sites for hydroxylation is 1. The molecule has 0 bridgehead atoms. The van der Waals surface area contributed by atoms with Crippen LogP contribution in [0.1, 0.15) is 30.5 Å². The molecule has 0 radical (unpaired) electrons. The van der Waals surface area contributed by atoms with Crippen molar-refractivity contribution in [3.63, 3.8) is 0 Å². The molecule has 1 aromatic heterocycles. The van der Waals surface area contributed by atoms with Crippen LogP contribution < -0.4 is 10.2 Å². The Balaban J connectivity index is 1.65. The van der Waals surface area contributed by atoms with E-state index in [1.54, 1.807) is 0 Å². The van der Waals surface area contributed by atoms with Crippen LogP contribution in [0.5, 0.6) is 0 Å². The average Bonchev–Trinajstić information content (AvgIpc) is 3.18. The summed E-state index contributed by atoms with van der Waals surface area (Å²) in [6.45, 7) is 7.27. The predicted molar refractivity (Wildman–Crippen MR) is 112 cm³/mol. The van der Waals surface area contributed by atoms with Gasteiger partial charge in [-0.15, -0.1) is 0 Å². The molecule has 0 spiro atoms. The number of benzene rings is 1. The van der Waals surface area contributed by atoms with Crippen molar-refractivity contribution in [3.8, 4) is 0 Å². The van der Waals surface area contributed by atoms with Crippen LogP contribution in [0.2, 0.25) is 0 Å². The van der Waals surface area contributed by atoms with E-state index in [1.165, 1.54) is 16.8 Å². The second kappa shape index (κ2) is 8.46. The monoisotopic (exact) mass is 368 g/mol. The molecular formula is C21H32N6. The lowest BCUT2D eigenvalue weighted by atomic mass is 9.93. The van der Waals surface area contributed by atoms with E-state index in [-0.39, 0.29) is 0 Å². The third-order valence-corrected chi connectivity index (χ3v) is 5.62. The molecule has 0 saturated carbocycles. The standard InChI is InChI=1S/C21H32N6/c1-16-8-10-26(14-20(16)27-11-9-23-15-27)21(22-3)24-13-18-6-7-19(25(4)5)12-17(18)2/h6-7,9,11-12,15-16,20H,8,10,13-14H2,1-5H3,(H,22,24). The van der Waals surface area contributed by atoms with E-state index in [4.69, 9.17) is 0 Å². The molecule has 1 aliphatic rings. The second-order valence-electron chi connectivity index (χ2n) is 7.70. The van der Waals surface area contributed by atoms with Crippen LogP contribution in [0.3, 0.4) is 0 Å². The molecule has 1 fully saturated rings. The number of aromatic nitrogens is 2. The van der Waals surface area contributed by atoms with E-state index in [9.17, 15) is 0 Å². The number of guanidine groups is 1. The van der Waals surface area contributed by atoms with Crippen molar-refractivity contribution in [1.82, 2.24) is 19.8 Å². The highest BCUT2D eigenvalue weighted by atomic mass is 15.3. The summed E-state index contributed by atoms with van der Waals surface area (Å²) in [6, 6.07) is 7.04. The summed E-state index contributed by atoms with van der Waals surface area (Å²) in [4.78, 5) is 13.3. The molecule has 1 aromatic carbocycles. The van der Waals surface area contributed by atoms with Gasteiger partial charge in [0.25, 0.3) is 0 Å². The van der Waals surface area contributed by atoms with Crippen molar-refractivity contribution in [2.45, 2.75) is 32.9 Å². The Morgan fingerprint density at radius 3 is 2.81 bits per heavy atom. The van der Waals surface area contributed by atoms with Gasteiger partial charge in [-0.25, -0.2) is 4.98 Å². The number of hydrogen-bond donors (Lipinski definition) is 1. The van der Waals surface area contributed by atoms with Crippen LogP contribution in [0.25, 0.3) is 0 Å². The normalized spacial score (nSPS) is 20.6. The summed E-state index contributed by atoms with van der Waals surface area (Å²) in [5.74, 6) is 1.61. The Morgan fingerprint density at radius 2 is 2.19 bits per heavy atom. The van der Waals surface area contributed by atoms with Crippen molar-refractivity contribution >= 4 is 11.6 Å². The van der Waals surface area contributed by atoms with Crippen molar-refractivity contribution in [1.29, 1.82) is 0 Å². The summed E-state index contributed by atoms with van der Waals surface area (Å²) in [6.07, 6.45) is 7.01. The summed E-state index contributed by atoms with van der Waals surface area (Å²) in [7, 11) is 6.01. The smallest absolute Gasteiger partial charge is 0.193 e. The van der Waals surface area contributed by atoms with Crippen LogP contribution >= 0.6 is 0 Å². The number of piperidine rings is 1. The number of aliphatic imine (C=N–C) groups is 1. The molecule has 6 nitrogen and oxygen atoms in total. The molecule has 2 atom stereocenters. The van der Waals surface area contributed by atoms with E-state index in [0.717, 1.165) is 32.0 Å². The molecule has 2 aromatic rings. The maximum absolute atomic E-state index is 4.54. The molecule has 1 N–H and O–H groups in total. The minimum Gasteiger partial charge on any atom is -0.378 e. The first kappa shape index (κ1) is 19.3. The van der Waals surface area contributed by atoms with Crippen LogP contribution in [-0.4, -0.2) is 54.6 Å². The van der Waals surface area contributed by atoms with Gasteiger partial charge < -0.3 is 19.7 Å². The molecule has 1 aliphatic heterocycles. The third-order valence-electron chi connectivity index (χ3n) is 5.62. The number of rotatable bonds is 4. The van der Waals surface area contributed by atoms with Crippen molar-refractivity contribution in [3.05, 3.63) is 48.0 Å². The van der Waals surface area contributed by atoms with E-state index in [2.05, 4.69) is 82.0 Å². The van der Waals surface area contributed by atoms with Crippen molar-refractivity contribution in [2.75, 3.05) is 39.1 Å². The number of hydrogen-bond acceptors (Lipinski definition) is 3. The topological polar surface area (TPSA) is 48.7 Å². The first-order valence-electron chi connectivity index (χ1n) is 9.69. The Morgan fingerprint density at radius 1 is 1.37 bits per heavy atom. The van der Waals surface area contributed by atoms with Gasteiger partial charge in [0, 0.05) is 58.9 Å². The van der Waals surface area contributed by atoms with Gasteiger partial charge in [0.1, 0.15) is 0 Å². The van der Waals surface area contributed by atoms with Crippen LogP contribution in [0.15, 0.2) is 41.9 Å². The molecular weight excluding hydrogens is 336 g/mol. The SMILES string of the molecule is CN=C(NCc1ccc(N(C)C)cc1C)N1CCC(C)C(n2ccnc2)C1. The molecule has 27 heavy (non-hydrogen) atoms. The van der Waals surface area contributed by atoms with Crippen LogP contribution in [0, 0.1) is 12.8 Å². The number of imidazole rings is 1. The molecule has 1 saturated heterocycles. The summed E-state index contributed by atoms with van der Waals surface area (Å²) in [5, 5.41) is 3.56. The second-order valence-corrected chi connectivity index (χ2v) is 7.70. The summed E-state index contributed by atoms with van der Waals surface area (Å²) >= 11 is 0. The van der Waals surface area contributed by atoms with E-state index < -0.39 is 0 Å². The lowest BCUT2D eigenvalue weighted by Gasteiger charge is -2.39. The fourth-order valence-electron chi connectivity index (χ4n) is 3.76. The molecule has 2 heterocycles. The van der Waals surface area contributed by atoms with E-state index in [1.807, 2.05) is 19.6 Å². The number of nitrogens with one attached hydrogen (secondary N) is 1. The molecule has 3 rings (SSSR count). The highest BCUT2D eigenvalue weighted by molar-refractivity contribution is 5.80. The minimum atomic E-state index is 0.431. The maximum Gasteiger partial charge on any atom is 0.193 e. The quantitative estimate of drug-likeness (QED) is 0.666. The zero-order chi connectivity index (χ0) is 19.4. The van der Waals surface area contributed by atoms with Crippen LogP contribution in [-0.2, 0) is 6.54 Å². The number of nitrogens with zero attached hydrogens (tertiary/aromatic N) is 5. The van der Waals surface area contributed by atoms with Crippen molar-refractivity contribution < 1.29 is 0 Å². The zero-order valence-corrected chi connectivity index (χ0v) is 17.2. The van der Waals surface area contributed by atoms with Crippen LogP contribution in [0.4, 0.5) is 5.69 Å². The highest BCUT2D eigenvalue weighted by Gasteiger charge is 2.28. The highest BCUT2D eigenvalue weighted by Crippen LogP contribution is 2.27. The Bertz CT molecular complexity index is 765. The van der Waals surface area contributed by atoms with Gasteiger partial charge in [-0.05, 0) is 42.5 Å². The first-order valence-corrected chi connectivity index (χ1v) is 9.69. The predicted octanol–water partition coefficient (Wildman–Crippen LogP) is 2.92. The number of likely N-dealkylation sites (tertiary alicyclic amines) is 1. The Kier molecular flexibility index (Phi) is 6.04. The molecule has 146 valence electrons. The zero-order valence-electron chi connectivity index (χ0n) is 17.2. The molecule has 2 unspecified atom stereocenters. The fourth-order valence-corrected chi connectivity index (χ4v) is 3.76. The van der Waals surface area contributed by atoms with Gasteiger partial charge >= 0.3 is 0 Å². The van der Waals surface area contributed by atoms with Gasteiger partial charge in [-0.2, -0.15) is 0 Å².